The SMILES string of the molecule is CC1CCC(C2CCC(C(=O)C3CCC(C)C(Cl)C3F)CC2)CO1. The van der Waals surface area contributed by atoms with Gasteiger partial charge in [0.2, 0.25) is 0 Å². The molecule has 0 spiro atoms. The molecule has 3 aliphatic rings. The molecule has 0 aromatic rings. The lowest BCUT2D eigenvalue weighted by Gasteiger charge is -2.39. The monoisotopic (exact) mass is 358 g/mol. The van der Waals surface area contributed by atoms with Crippen molar-refractivity contribution in [1.82, 2.24) is 0 Å². The molecule has 0 amide bonds. The molecule has 3 fully saturated rings. The zero-order valence-electron chi connectivity index (χ0n) is 15.1. The Morgan fingerprint density at radius 3 is 2.25 bits per heavy atom. The van der Waals surface area contributed by atoms with E-state index in [0.717, 1.165) is 45.1 Å². The van der Waals surface area contributed by atoms with Crippen molar-refractivity contribution >= 4 is 17.4 Å². The van der Waals surface area contributed by atoms with Crippen LogP contribution in [0.25, 0.3) is 0 Å². The van der Waals surface area contributed by atoms with E-state index in [1.165, 1.54) is 6.42 Å². The minimum absolute atomic E-state index is 0.0604. The molecule has 0 bridgehead atoms. The van der Waals surface area contributed by atoms with Crippen LogP contribution in [-0.2, 0) is 9.53 Å². The summed E-state index contributed by atoms with van der Waals surface area (Å²) in [5.41, 5.74) is 0. The fraction of sp³-hybridized carbons (Fsp3) is 0.950. The Morgan fingerprint density at radius 2 is 1.62 bits per heavy atom. The topological polar surface area (TPSA) is 26.3 Å². The number of hydrogen-bond donors (Lipinski definition) is 0. The van der Waals surface area contributed by atoms with Crippen LogP contribution in [0, 0.1) is 29.6 Å². The average molecular weight is 359 g/mol. The van der Waals surface area contributed by atoms with Crippen LogP contribution in [0.4, 0.5) is 4.39 Å². The summed E-state index contributed by atoms with van der Waals surface area (Å²) in [6.07, 6.45) is 7.27. The van der Waals surface area contributed by atoms with Gasteiger partial charge >= 0.3 is 0 Å². The number of carbonyl (C=O) groups excluding carboxylic acids is 1. The highest BCUT2D eigenvalue weighted by Crippen LogP contribution is 2.42. The van der Waals surface area contributed by atoms with E-state index in [0.29, 0.717) is 24.4 Å². The first-order valence-corrected chi connectivity index (χ1v) is 10.3. The molecule has 1 saturated heterocycles. The third kappa shape index (κ3) is 3.98. The maximum absolute atomic E-state index is 14.5. The Bertz CT molecular complexity index is 427. The van der Waals surface area contributed by atoms with E-state index in [1.807, 2.05) is 6.92 Å². The van der Waals surface area contributed by atoms with E-state index in [1.54, 1.807) is 0 Å². The molecule has 0 aromatic heterocycles. The smallest absolute Gasteiger partial charge is 0.141 e. The summed E-state index contributed by atoms with van der Waals surface area (Å²) in [5.74, 6) is 1.29. The molecule has 1 heterocycles. The number of halogens is 2. The predicted molar refractivity (Wildman–Crippen MR) is 95.0 cm³/mol. The third-order valence-corrected chi connectivity index (χ3v) is 7.58. The van der Waals surface area contributed by atoms with E-state index in [4.69, 9.17) is 16.3 Å². The number of ether oxygens (including phenoxy) is 1. The Balaban J connectivity index is 1.50. The van der Waals surface area contributed by atoms with Crippen LogP contribution in [0.1, 0.15) is 65.2 Å². The number of rotatable bonds is 3. The first-order valence-electron chi connectivity index (χ1n) is 9.90. The molecule has 6 unspecified atom stereocenters. The van der Waals surface area contributed by atoms with Gasteiger partial charge in [-0.3, -0.25) is 4.79 Å². The van der Waals surface area contributed by atoms with Gasteiger partial charge in [-0.2, -0.15) is 0 Å². The van der Waals surface area contributed by atoms with Gasteiger partial charge in [0.25, 0.3) is 0 Å². The van der Waals surface area contributed by atoms with E-state index >= 15 is 0 Å². The molecule has 4 heteroatoms. The van der Waals surface area contributed by atoms with Gasteiger partial charge in [0.15, 0.2) is 0 Å². The van der Waals surface area contributed by atoms with Gasteiger partial charge in [-0.05, 0) is 76.0 Å². The van der Waals surface area contributed by atoms with Crippen LogP contribution < -0.4 is 0 Å². The standard InChI is InChI=1S/C20H32ClFO2/c1-12-3-10-17(19(22)18(12)21)20(23)15-8-6-14(7-9-15)16-5-4-13(2)24-11-16/h12-19H,3-11H2,1-2H3. The minimum Gasteiger partial charge on any atom is -0.378 e. The van der Waals surface area contributed by atoms with Gasteiger partial charge in [0, 0.05) is 5.92 Å². The lowest BCUT2D eigenvalue weighted by Crippen LogP contribution is -2.43. The Morgan fingerprint density at radius 1 is 0.958 bits per heavy atom. The predicted octanol–water partition coefficient (Wildman–Crippen LogP) is 5.17. The van der Waals surface area contributed by atoms with Gasteiger partial charge in [0.05, 0.1) is 24.0 Å². The molecule has 1 aliphatic heterocycles. The zero-order chi connectivity index (χ0) is 17.3. The van der Waals surface area contributed by atoms with Gasteiger partial charge < -0.3 is 4.74 Å². The maximum Gasteiger partial charge on any atom is 0.141 e. The van der Waals surface area contributed by atoms with Crippen molar-refractivity contribution in [3.8, 4) is 0 Å². The molecule has 2 saturated carbocycles. The molecule has 24 heavy (non-hydrogen) atoms. The number of alkyl halides is 2. The fourth-order valence-electron chi connectivity index (χ4n) is 5.05. The molecule has 6 atom stereocenters. The van der Waals surface area contributed by atoms with Crippen LogP contribution in [0.15, 0.2) is 0 Å². The molecule has 3 rings (SSSR count). The second-order valence-corrected chi connectivity index (χ2v) is 9.05. The Hall–Kier alpha value is -0.150. The number of Topliss-reactive ketones (excluding diaryl/α,β-unsaturated/α-hetero) is 1. The van der Waals surface area contributed by atoms with Crippen LogP contribution >= 0.6 is 11.6 Å². The fourth-order valence-corrected chi connectivity index (χ4v) is 5.35. The molecular weight excluding hydrogens is 327 g/mol. The van der Waals surface area contributed by atoms with Crippen LogP contribution in [-0.4, -0.2) is 30.0 Å². The lowest BCUT2D eigenvalue weighted by molar-refractivity contribution is -0.132. The van der Waals surface area contributed by atoms with Gasteiger partial charge in [-0.25, -0.2) is 4.39 Å². The zero-order valence-corrected chi connectivity index (χ0v) is 15.8. The first-order chi connectivity index (χ1) is 11.5. The van der Waals surface area contributed by atoms with Crippen LogP contribution in [0.5, 0.6) is 0 Å². The van der Waals surface area contributed by atoms with Crippen molar-refractivity contribution in [2.45, 2.75) is 82.9 Å². The summed E-state index contributed by atoms with van der Waals surface area (Å²) in [6, 6.07) is 0. The van der Waals surface area contributed by atoms with E-state index in [-0.39, 0.29) is 17.6 Å². The second kappa shape index (κ2) is 8.03. The van der Waals surface area contributed by atoms with Crippen LogP contribution in [0.2, 0.25) is 0 Å². The molecule has 2 nitrogen and oxygen atoms in total. The molecule has 138 valence electrons. The summed E-state index contributed by atoms with van der Waals surface area (Å²) < 4.78 is 20.4. The largest absolute Gasteiger partial charge is 0.378 e. The average Bonchev–Trinajstić information content (AvgIpc) is 2.60. The molecule has 0 N–H and O–H groups in total. The molecule has 0 radical (unpaired) electrons. The summed E-state index contributed by atoms with van der Waals surface area (Å²) in [6.45, 7) is 5.02. The molecular formula is C20H32ClFO2. The van der Waals surface area contributed by atoms with Crippen molar-refractivity contribution in [1.29, 1.82) is 0 Å². The molecule has 2 aliphatic carbocycles. The van der Waals surface area contributed by atoms with Crippen molar-refractivity contribution in [2.75, 3.05) is 6.61 Å². The maximum atomic E-state index is 14.5. The van der Waals surface area contributed by atoms with Crippen molar-refractivity contribution in [3.05, 3.63) is 0 Å². The Kier molecular flexibility index (Phi) is 6.24. The highest BCUT2D eigenvalue weighted by Gasteiger charge is 2.43. The van der Waals surface area contributed by atoms with Crippen molar-refractivity contribution < 1.29 is 13.9 Å². The molecule has 0 aromatic carbocycles. The van der Waals surface area contributed by atoms with E-state index < -0.39 is 17.5 Å². The summed E-state index contributed by atoms with van der Waals surface area (Å²) >= 11 is 6.19. The minimum atomic E-state index is -1.16. The first kappa shape index (κ1) is 18.6. The van der Waals surface area contributed by atoms with Gasteiger partial charge in [-0.1, -0.05) is 6.92 Å². The summed E-state index contributed by atoms with van der Waals surface area (Å²) in [5, 5.41) is -0.495. The van der Waals surface area contributed by atoms with Crippen molar-refractivity contribution in [3.63, 3.8) is 0 Å². The van der Waals surface area contributed by atoms with Crippen molar-refractivity contribution in [2.24, 2.45) is 29.6 Å². The highest BCUT2D eigenvalue weighted by atomic mass is 35.5. The second-order valence-electron chi connectivity index (χ2n) is 8.55. The number of ketones is 1. The van der Waals surface area contributed by atoms with Gasteiger partial charge in [-0.15, -0.1) is 11.6 Å². The normalized spacial score (nSPS) is 47.3. The summed E-state index contributed by atoms with van der Waals surface area (Å²) in [7, 11) is 0. The van der Waals surface area contributed by atoms with Gasteiger partial charge in [0.1, 0.15) is 12.0 Å². The quantitative estimate of drug-likeness (QED) is 0.650. The lowest BCUT2D eigenvalue weighted by atomic mass is 9.69. The highest BCUT2D eigenvalue weighted by molar-refractivity contribution is 6.21. The number of hydrogen-bond acceptors (Lipinski definition) is 2. The van der Waals surface area contributed by atoms with E-state index in [2.05, 4.69) is 6.92 Å². The van der Waals surface area contributed by atoms with E-state index in [9.17, 15) is 9.18 Å². The number of carbonyl (C=O) groups is 1. The Labute approximate surface area is 150 Å². The summed E-state index contributed by atoms with van der Waals surface area (Å²) in [4.78, 5) is 12.8. The third-order valence-electron chi connectivity index (χ3n) is 6.91. The van der Waals surface area contributed by atoms with Crippen LogP contribution in [0.3, 0.4) is 0 Å².